The zero-order valence-corrected chi connectivity index (χ0v) is 21.2. The highest BCUT2D eigenvalue weighted by Gasteiger charge is 2.54. The third-order valence-corrected chi connectivity index (χ3v) is 7.45. The van der Waals surface area contributed by atoms with Gasteiger partial charge < -0.3 is 29.3 Å². The first kappa shape index (κ1) is 25.0. The summed E-state index contributed by atoms with van der Waals surface area (Å²) in [5.41, 5.74) is 2.34. The van der Waals surface area contributed by atoms with Gasteiger partial charge in [-0.05, 0) is 73.4 Å². The molecule has 1 saturated heterocycles. The molecule has 2 aromatic carbocycles. The summed E-state index contributed by atoms with van der Waals surface area (Å²) >= 11 is 0. The number of oxime groups is 1. The lowest BCUT2D eigenvalue weighted by atomic mass is 9.74. The topological polar surface area (TPSA) is 92.3 Å². The number of nitrogens with zero attached hydrogens (tertiary/aromatic N) is 4. The van der Waals surface area contributed by atoms with Gasteiger partial charge in [-0.15, -0.1) is 0 Å². The van der Waals surface area contributed by atoms with E-state index in [0.717, 1.165) is 22.5 Å². The number of amidine groups is 1. The van der Waals surface area contributed by atoms with Crippen LogP contribution in [-0.4, -0.2) is 57.4 Å². The van der Waals surface area contributed by atoms with Crippen LogP contribution in [0.5, 0.6) is 5.75 Å². The predicted molar refractivity (Wildman–Crippen MR) is 138 cm³/mol. The number of aromatic nitrogens is 2. The summed E-state index contributed by atoms with van der Waals surface area (Å²) in [6, 6.07) is 11.8. The Morgan fingerprint density at radius 2 is 1.95 bits per heavy atom. The first-order valence-electron chi connectivity index (χ1n) is 12.3. The molecule has 1 fully saturated rings. The molecular formula is C28H31FN4O4. The molecule has 3 aromatic rings. The first-order valence-corrected chi connectivity index (χ1v) is 12.3. The third-order valence-electron chi connectivity index (χ3n) is 7.45. The van der Waals surface area contributed by atoms with Crippen LogP contribution < -0.4 is 4.74 Å². The Hall–Kier alpha value is -3.69. The maximum absolute atomic E-state index is 13.7. The van der Waals surface area contributed by atoms with Crippen molar-refractivity contribution in [2.24, 2.45) is 10.6 Å². The van der Waals surface area contributed by atoms with Crippen LogP contribution in [0, 0.1) is 18.2 Å². The number of ether oxygens (including phenoxy) is 1. The van der Waals surface area contributed by atoms with E-state index >= 15 is 0 Å². The highest BCUT2D eigenvalue weighted by atomic mass is 19.1. The Morgan fingerprint density at radius 1 is 1.16 bits per heavy atom. The second-order valence-corrected chi connectivity index (χ2v) is 9.75. The van der Waals surface area contributed by atoms with Crippen LogP contribution in [0.15, 0.2) is 65.7 Å². The number of halogens is 1. The van der Waals surface area contributed by atoms with Gasteiger partial charge >= 0.3 is 0 Å². The summed E-state index contributed by atoms with van der Waals surface area (Å²) < 4.78 is 21.3. The maximum atomic E-state index is 13.7. The molecule has 1 aromatic heterocycles. The van der Waals surface area contributed by atoms with Crippen LogP contribution >= 0.6 is 0 Å². The van der Waals surface area contributed by atoms with Crippen LogP contribution in [0.2, 0.25) is 0 Å². The monoisotopic (exact) mass is 506 g/mol. The number of aryl methyl sites for hydroxylation is 1. The Kier molecular flexibility index (Phi) is 6.51. The van der Waals surface area contributed by atoms with Crippen LogP contribution in [0.3, 0.4) is 0 Å². The molecule has 2 unspecified atom stereocenters. The van der Waals surface area contributed by atoms with Crippen molar-refractivity contribution in [3.05, 3.63) is 83.2 Å². The Balaban J connectivity index is 1.57. The minimum absolute atomic E-state index is 0.0439. The fourth-order valence-electron chi connectivity index (χ4n) is 5.14. The number of piperidine rings is 1. The predicted octanol–water partition coefficient (Wildman–Crippen LogP) is 4.00. The molecule has 5 rings (SSSR count). The molecule has 0 bridgehead atoms. The van der Waals surface area contributed by atoms with Crippen molar-refractivity contribution in [1.29, 1.82) is 0 Å². The quantitative estimate of drug-likeness (QED) is 0.504. The van der Waals surface area contributed by atoms with Crippen molar-refractivity contribution in [2.45, 2.75) is 32.4 Å². The van der Waals surface area contributed by atoms with Crippen molar-refractivity contribution in [1.82, 2.24) is 14.5 Å². The molecule has 0 saturated carbocycles. The third kappa shape index (κ3) is 4.28. The molecule has 0 amide bonds. The van der Waals surface area contributed by atoms with Gasteiger partial charge in [-0.25, -0.2) is 9.37 Å². The summed E-state index contributed by atoms with van der Waals surface area (Å²) in [4.78, 5) is 12.1. The van der Waals surface area contributed by atoms with Crippen molar-refractivity contribution >= 4 is 11.9 Å². The van der Waals surface area contributed by atoms with Crippen molar-refractivity contribution in [3.63, 3.8) is 0 Å². The van der Waals surface area contributed by atoms with Gasteiger partial charge in [0.2, 0.25) is 0 Å². The number of methoxy groups -OCH3 is 1. The second kappa shape index (κ2) is 9.64. The molecule has 0 spiro atoms. The number of hydrogen-bond acceptors (Lipinski definition) is 7. The van der Waals surface area contributed by atoms with Crippen LogP contribution in [0.25, 0.3) is 11.8 Å². The number of imidazole rings is 1. The molecule has 2 atom stereocenters. The smallest absolute Gasteiger partial charge is 0.260 e. The molecule has 8 nitrogen and oxygen atoms in total. The second-order valence-electron chi connectivity index (χ2n) is 9.75. The van der Waals surface area contributed by atoms with E-state index in [2.05, 4.69) is 10.1 Å². The maximum Gasteiger partial charge on any atom is 0.260 e. The zero-order chi connectivity index (χ0) is 26.2. The summed E-state index contributed by atoms with van der Waals surface area (Å²) in [6.07, 6.45) is 6.97. The number of aliphatic hydroxyl groups is 2. The van der Waals surface area contributed by atoms with Gasteiger partial charge in [-0.3, -0.25) is 0 Å². The lowest BCUT2D eigenvalue weighted by molar-refractivity contribution is -0.148. The van der Waals surface area contributed by atoms with Crippen molar-refractivity contribution < 1.29 is 24.2 Å². The number of rotatable bonds is 7. The molecule has 0 aliphatic carbocycles. The summed E-state index contributed by atoms with van der Waals surface area (Å²) in [7, 11) is 1.63. The average molecular weight is 507 g/mol. The van der Waals surface area contributed by atoms with E-state index in [1.54, 1.807) is 25.6 Å². The number of benzene rings is 2. The van der Waals surface area contributed by atoms with E-state index in [9.17, 15) is 14.6 Å². The van der Waals surface area contributed by atoms with E-state index in [0.29, 0.717) is 36.5 Å². The van der Waals surface area contributed by atoms with E-state index < -0.39 is 17.7 Å². The fraction of sp³-hybridized carbons (Fsp3) is 0.357. The number of fused-ring (bicyclic) bond motifs is 1. The largest absolute Gasteiger partial charge is 0.495 e. The summed E-state index contributed by atoms with van der Waals surface area (Å²) in [5.74, 6) is 0.893. The van der Waals surface area contributed by atoms with Gasteiger partial charge in [0, 0.05) is 23.7 Å². The van der Waals surface area contributed by atoms with E-state index in [1.165, 1.54) is 12.1 Å². The Labute approximate surface area is 215 Å². The average Bonchev–Trinajstić information content (AvgIpc) is 3.53. The molecule has 0 radical (unpaired) electrons. The van der Waals surface area contributed by atoms with Crippen molar-refractivity contribution in [3.8, 4) is 11.4 Å². The van der Waals surface area contributed by atoms with Crippen molar-refractivity contribution in [2.75, 3.05) is 26.9 Å². The molecule has 3 heterocycles. The number of aliphatic hydroxyl groups excluding tert-OH is 2. The van der Waals surface area contributed by atoms with Crippen LogP contribution in [0.1, 0.15) is 36.6 Å². The highest BCUT2D eigenvalue weighted by molar-refractivity contribution is 6.04. The van der Waals surface area contributed by atoms with Gasteiger partial charge in [0.05, 0.1) is 31.4 Å². The van der Waals surface area contributed by atoms with Crippen LogP contribution in [-0.2, 0) is 10.6 Å². The fourth-order valence-corrected chi connectivity index (χ4v) is 5.14. The van der Waals surface area contributed by atoms with Gasteiger partial charge in [0.15, 0.2) is 5.84 Å². The summed E-state index contributed by atoms with van der Waals surface area (Å²) in [6.45, 7) is 3.96. The lowest BCUT2D eigenvalue weighted by Crippen LogP contribution is -2.57. The minimum atomic E-state index is -1.31. The van der Waals surface area contributed by atoms with Gasteiger partial charge in [-0.2, -0.15) is 0 Å². The molecular weight excluding hydrogens is 475 g/mol. The zero-order valence-electron chi connectivity index (χ0n) is 21.2. The van der Waals surface area contributed by atoms with Crippen LogP contribution in [0.4, 0.5) is 4.39 Å². The van der Waals surface area contributed by atoms with E-state index in [-0.39, 0.29) is 12.4 Å². The molecule has 37 heavy (non-hydrogen) atoms. The number of hydrogen-bond donors (Lipinski definition) is 2. The molecule has 9 heteroatoms. The summed E-state index contributed by atoms with van der Waals surface area (Å²) in [5, 5.41) is 25.4. The Bertz CT molecular complexity index is 1350. The molecule has 2 N–H and O–H groups in total. The van der Waals surface area contributed by atoms with E-state index in [1.807, 2.05) is 53.8 Å². The molecule has 2 aliphatic rings. The standard InChI is InChI=1S/C28H31FN4O4/c1-4-27(16-34)13-21(11-20-5-10-24(25(12-20)36-3)32-14-19(2)30-18-32)26-31-37-28(17-35,33(26)15-27)22-6-8-23(29)9-7-22/h5-12,14,18,34-35H,4,13,15-17H2,1-3H3/b21-11+. The van der Waals surface area contributed by atoms with E-state index in [4.69, 9.17) is 9.57 Å². The molecule has 2 aliphatic heterocycles. The molecule has 194 valence electrons. The first-order chi connectivity index (χ1) is 17.9. The van der Waals surface area contributed by atoms with Gasteiger partial charge in [0.1, 0.15) is 18.2 Å². The van der Waals surface area contributed by atoms with Gasteiger partial charge in [0.25, 0.3) is 5.72 Å². The van der Waals surface area contributed by atoms with Gasteiger partial charge in [-0.1, -0.05) is 18.1 Å². The SMILES string of the molecule is CCC1(CO)C/C(=C\c2ccc(-n3cnc(C)c3)c(OC)c2)C2=NOC(CO)(c3ccc(F)cc3)N2C1. The highest BCUT2D eigenvalue weighted by Crippen LogP contribution is 2.46. The lowest BCUT2D eigenvalue weighted by Gasteiger charge is -2.46. The Morgan fingerprint density at radius 3 is 2.57 bits per heavy atom. The normalized spacial score (nSPS) is 24.1. The minimum Gasteiger partial charge on any atom is -0.495 e.